The van der Waals surface area contributed by atoms with Crippen LogP contribution < -0.4 is 0 Å². The SMILES string of the molecule is Brc1cncc(CSCc2ccco2)c1. The molecule has 0 saturated heterocycles. The molecule has 2 rings (SSSR count). The van der Waals surface area contributed by atoms with Gasteiger partial charge in [0.2, 0.25) is 0 Å². The van der Waals surface area contributed by atoms with Gasteiger partial charge in [0.05, 0.1) is 12.0 Å². The molecule has 0 spiro atoms. The third kappa shape index (κ3) is 3.39. The van der Waals surface area contributed by atoms with Crippen LogP contribution in [0.5, 0.6) is 0 Å². The lowest BCUT2D eigenvalue weighted by Crippen LogP contribution is -1.83. The Morgan fingerprint density at radius 1 is 1.33 bits per heavy atom. The minimum Gasteiger partial charge on any atom is -0.468 e. The first-order valence-corrected chi connectivity index (χ1v) is 6.49. The smallest absolute Gasteiger partial charge is 0.113 e. The molecule has 0 atom stereocenters. The molecular formula is C11H10BrNOS. The molecule has 0 aliphatic heterocycles. The normalized spacial score (nSPS) is 10.5. The highest BCUT2D eigenvalue weighted by atomic mass is 79.9. The van der Waals surface area contributed by atoms with Gasteiger partial charge in [0, 0.05) is 22.6 Å². The molecule has 0 unspecified atom stereocenters. The van der Waals surface area contributed by atoms with Crippen molar-refractivity contribution < 1.29 is 4.42 Å². The summed E-state index contributed by atoms with van der Waals surface area (Å²) >= 11 is 5.22. The second-order valence-corrected chi connectivity index (χ2v) is 4.98. The fraction of sp³-hybridized carbons (Fsp3) is 0.182. The van der Waals surface area contributed by atoms with Crippen LogP contribution in [0.1, 0.15) is 11.3 Å². The van der Waals surface area contributed by atoms with E-state index in [0.29, 0.717) is 0 Å². The van der Waals surface area contributed by atoms with E-state index in [9.17, 15) is 0 Å². The van der Waals surface area contributed by atoms with Gasteiger partial charge >= 0.3 is 0 Å². The zero-order valence-corrected chi connectivity index (χ0v) is 10.4. The summed E-state index contributed by atoms with van der Waals surface area (Å²) in [4.78, 5) is 4.12. The van der Waals surface area contributed by atoms with Gasteiger partial charge < -0.3 is 4.42 Å². The van der Waals surface area contributed by atoms with Crippen LogP contribution in [0.15, 0.2) is 45.7 Å². The number of furan rings is 1. The summed E-state index contributed by atoms with van der Waals surface area (Å²) in [5, 5.41) is 0. The van der Waals surface area contributed by atoms with E-state index >= 15 is 0 Å². The van der Waals surface area contributed by atoms with E-state index in [-0.39, 0.29) is 0 Å². The Hall–Kier alpha value is -0.740. The predicted molar refractivity (Wildman–Crippen MR) is 65.6 cm³/mol. The molecule has 2 aromatic rings. The summed E-state index contributed by atoms with van der Waals surface area (Å²) in [5.74, 6) is 2.87. The van der Waals surface area contributed by atoms with Crippen LogP contribution in [-0.4, -0.2) is 4.98 Å². The van der Waals surface area contributed by atoms with E-state index in [1.165, 1.54) is 5.56 Å². The topological polar surface area (TPSA) is 26.0 Å². The van der Waals surface area contributed by atoms with E-state index in [2.05, 4.69) is 27.0 Å². The second kappa shape index (κ2) is 5.37. The van der Waals surface area contributed by atoms with E-state index < -0.39 is 0 Å². The number of aromatic nitrogens is 1. The van der Waals surface area contributed by atoms with Crippen LogP contribution >= 0.6 is 27.7 Å². The Morgan fingerprint density at radius 3 is 3.00 bits per heavy atom. The molecule has 15 heavy (non-hydrogen) atoms. The molecule has 78 valence electrons. The van der Waals surface area contributed by atoms with Gasteiger partial charge in [-0.2, -0.15) is 0 Å². The average molecular weight is 284 g/mol. The van der Waals surface area contributed by atoms with Gasteiger partial charge in [-0.25, -0.2) is 0 Å². The number of nitrogens with zero attached hydrogens (tertiary/aromatic N) is 1. The van der Waals surface area contributed by atoms with Gasteiger partial charge in [0.1, 0.15) is 5.76 Å². The average Bonchev–Trinajstić information content (AvgIpc) is 2.71. The molecule has 2 nitrogen and oxygen atoms in total. The summed E-state index contributed by atoms with van der Waals surface area (Å²) in [6.07, 6.45) is 5.39. The van der Waals surface area contributed by atoms with Gasteiger partial charge in [-0.15, -0.1) is 11.8 Å². The Balaban J connectivity index is 1.83. The molecule has 4 heteroatoms. The van der Waals surface area contributed by atoms with Gasteiger partial charge in [-0.3, -0.25) is 4.98 Å². The molecule has 0 aliphatic rings. The zero-order valence-electron chi connectivity index (χ0n) is 8.02. The van der Waals surface area contributed by atoms with Crippen molar-refractivity contribution in [2.45, 2.75) is 11.5 Å². The second-order valence-electron chi connectivity index (χ2n) is 3.08. The molecule has 0 amide bonds. The summed E-state index contributed by atoms with van der Waals surface area (Å²) in [6, 6.07) is 5.99. The molecule has 0 aromatic carbocycles. The van der Waals surface area contributed by atoms with Crippen molar-refractivity contribution in [2.24, 2.45) is 0 Å². The first-order valence-electron chi connectivity index (χ1n) is 4.54. The van der Waals surface area contributed by atoms with Crippen molar-refractivity contribution in [2.75, 3.05) is 0 Å². The summed E-state index contributed by atoms with van der Waals surface area (Å²) in [7, 11) is 0. The predicted octanol–water partition coefficient (Wildman–Crippen LogP) is 3.87. The molecule has 0 fully saturated rings. The maximum Gasteiger partial charge on any atom is 0.113 e. The Morgan fingerprint density at radius 2 is 2.27 bits per heavy atom. The maximum atomic E-state index is 5.25. The molecule has 0 radical (unpaired) electrons. The molecule has 2 heterocycles. The lowest BCUT2D eigenvalue weighted by atomic mass is 10.3. The summed E-state index contributed by atoms with van der Waals surface area (Å²) < 4.78 is 6.28. The van der Waals surface area contributed by atoms with Gasteiger partial charge in [0.25, 0.3) is 0 Å². The van der Waals surface area contributed by atoms with Crippen LogP contribution in [0.3, 0.4) is 0 Å². The fourth-order valence-corrected chi connectivity index (χ4v) is 2.47. The maximum absolute atomic E-state index is 5.25. The van der Waals surface area contributed by atoms with Crippen molar-refractivity contribution in [1.29, 1.82) is 0 Å². The van der Waals surface area contributed by atoms with E-state index in [1.54, 1.807) is 12.5 Å². The van der Waals surface area contributed by atoms with Gasteiger partial charge in [-0.05, 0) is 39.7 Å². The van der Waals surface area contributed by atoms with Crippen molar-refractivity contribution >= 4 is 27.7 Å². The van der Waals surface area contributed by atoms with E-state index in [4.69, 9.17) is 4.42 Å². The Kier molecular flexibility index (Phi) is 3.86. The number of hydrogen-bond acceptors (Lipinski definition) is 3. The van der Waals surface area contributed by atoms with Crippen LogP contribution in [0.4, 0.5) is 0 Å². The first-order chi connectivity index (χ1) is 7.34. The Bertz CT molecular complexity index is 416. The number of pyridine rings is 1. The molecule has 0 N–H and O–H groups in total. The monoisotopic (exact) mass is 283 g/mol. The summed E-state index contributed by atoms with van der Waals surface area (Å²) in [5.41, 5.74) is 1.22. The van der Waals surface area contributed by atoms with Crippen molar-refractivity contribution in [3.63, 3.8) is 0 Å². The van der Waals surface area contributed by atoms with Crippen molar-refractivity contribution in [3.8, 4) is 0 Å². The summed E-state index contributed by atoms with van der Waals surface area (Å²) in [6.45, 7) is 0. The lowest BCUT2D eigenvalue weighted by molar-refractivity contribution is 0.530. The lowest BCUT2D eigenvalue weighted by Gasteiger charge is -2.00. The standard InChI is InChI=1S/C11H10BrNOS/c12-10-4-9(5-13-6-10)7-15-8-11-2-1-3-14-11/h1-6H,7-8H2. The van der Waals surface area contributed by atoms with Crippen LogP contribution in [-0.2, 0) is 11.5 Å². The molecule has 0 saturated carbocycles. The molecular weight excluding hydrogens is 274 g/mol. The number of rotatable bonds is 4. The quantitative estimate of drug-likeness (QED) is 0.852. The number of halogens is 1. The zero-order chi connectivity index (χ0) is 10.5. The minimum absolute atomic E-state index is 0.902. The van der Waals surface area contributed by atoms with E-state index in [1.807, 2.05) is 30.1 Å². The van der Waals surface area contributed by atoms with Gasteiger partial charge in [-0.1, -0.05) is 0 Å². The number of hydrogen-bond donors (Lipinski definition) is 0. The molecule has 0 bridgehead atoms. The minimum atomic E-state index is 0.902. The van der Waals surface area contributed by atoms with Crippen molar-refractivity contribution in [3.05, 3.63) is 52.7 Å². The molecule has 2 aromatic heterocycles. The van der Waals surface area contributed by atoms with E-state index in [0.717, 1.165) is 21.7 Å². The highest BCUT2D eigenvalue weighted by molar-refractivity contribution is 9.10. The van der Waals surface area contributed by atoms with Crippen molar-refractivity contribution in [1.82, 2.24) is 4.98 Å². The number of thioether (sulfide) groups is 1. The highest BCUT2D eigenvalue weighted by Gasteiger charge is 1.98. The largest absolute Gasteiger partial charge is 0.468 e. The Labute approximate surface area is 101 Å². The van der Waals surface area contributed by atoms with Crippen LogP contribution in [0.2, 0.25) is 0 Å². The third-order valence-corrected chi connectivity index (χ3v) is 3.31. The molecule has 0 aliphatic carbocycles. The van der Waals surface area contributed by atoms with Crippen LogP contribution in [0.25, 0.3) is 0 Å². The first kappa shape index (κ1) is 10.8. The van der Waals surface area contributed by atoms with Crippen LogP contribution in [0, 0.1) is 0 Å². The van der Waals surface area contributed by atoms with Gasteiger partial charge in [0.15, 0.2) is 0 Å². The fourth-order valence-electron chi connectivity index (χ4n) is 1.20. The highest BCUT2D eigenvalue weighted by Crippen LogP contribution is 2.19. The third-order valence-electron chi connectivity index (χ3n) is 1.85.